The summed E-state index contributed by atoms with van der Waals surface area (Å²) < 4.78 is 41.5. The van der Waals surface area contributed by atoms with Crippen molar-refractivity contribution in [1.29, 1.82) is 0 Å². The van der Waals surface area contributed by atoms with Gasteiger partial charge in [-0.1, -0.05) is 36.4 Å². The van der Waals surface area contributed by atoms with Crippen LogP contribution in [0.25, 0.3) is 10.9 Å². The van der Waals surface area contributed by atoms with E-state index in [2.05, 4.69) is 4.98 Å². The molecule has 3 aliphatic rings. The highest BCUT2D eigenvalue weighted by molar-refractivity contribution is 6.09. The molecule has 0 radical (unpaired) electrons. The van der Waals surface area contributed by atoms with Crippen LogP contribution in [0.2, 0.25) is 0 Å². The summed E-state index contributed by atoms with van der Waals surface area (Å²) >= 11 is 0. The number of H-pyrrole nitrogens is 1. The smallest absolute Gasteiger partial charge is 0.361 e. The van der Waals surface area contributed by atoms with Gasteiger partial charge in [0.1, 0.15) is 18.4 Å². The maximum Gasteiger partial charge on any atom is 0.471 e. The molecule has 1 N–H and O–H groups in total. The number of hydrogen-bond acceptors (Lipinski definition) is 3. The number of benzene rings is 2. The maximum atomic E-state index is 13.8. The molecule has 6 rings (SSSR count). The van der Waals surface area contributed by atoms with Crippen molar-refractivity contribution in [3.8, 4) is 0 Å². The van der Waals surface area contributed by atoms with E-state index >= 15 is 0 Å². The zero-order valence-corrected chi connectivity index (χ0v) is 17.8. The molecule has 0 aliphatic carbocycles. The third-order valence-electron chi connectivity index (χ3n) is 6.83. The van der Waals surface area contributed by atoms with Crippen LogP contribution in [0.5, 0.6) is 0 Å². The molecule has 2 atom stereocenters. The highest BCUT2D eigenvalue weighted by atomic mass is 19.4. The number of nitrogens with one attached hydrogen (secondary N) is 1. The minimum Gasteiger partial charge on any atom is -0.361 e. The Hall–Kier alpha value is -4.08. The Kier molecular flexibility index (Phi) is 3.92. The zero-order chi connectivity index (χ0) is 24.0. The third kappa shape index (κ3) is 2.39. The number of alkyl halides is 3. The van der Waals surface area contributed by atoms with Gasteiger partial charge in [-0.2, -0.15) is 13.2 Å². The van der Waals surface area contributed by atoms with E-state index in [1.54, 1.807) is 36.5 Å². The molecule has 0 saturated carbocycles. The van der Waals surface area contributed by atoms with Crippen molar-refractivity contribution in [1.82, 2.24) is 14.8 Å². The van der Waals surface area contributed by atoms with Crippen molar-refractivity contribution in [3.63, 3.8) is 0 Å². The number of amides is 3. The number of para-hydroxylation sites is 2. The number of hydrogen-bond donors (Lipinski definition) is 1. The monoisotopic (exact) mass is 466 g/mol. The van der Waals surface area contributed by atoms with E-state index in [0.29, 0.717) is 21.4 Å². The third-order valence-corrected chi connectivity index (χ3v) is 6.83. The number of aromatic nitrogens is 1. The number of anilines is 1. The fraction of sp³-hybridized carbons (Fsp3) is 0.208. The van der Waals surface area contributed by atoms with E-state index in [1.165, 1.54) is 18.0 Å². The minimum atomic E-state index is -5.19. The fourth-order valence-corrected chi connectivity index (χ4v) is 5.51. The first-order chi connectivity index (χ1) is 16.2. The van der Waals surface area contributed by atoms with Gasteiger partial charge in [0.2, 0.25) is 5.91 Å². The summed E-state index contributed by atoms with van der Waals surface area (Å²) in [6.45, 7) is -0.305. The summed E-state index contributed by atoms with van der Waals surface area (Å²) in [4.78, 5) is 45.1. The Balaban J connectivity index is 1.72. The van der Waals surface area contributed by atoms with Crippen molar-refractivity contribution in [2.24, 2.45) is 0 Å². The number of piperazine rings is 1. The Morgan fingerprint density at radius 3 is 2.53 bits per heavy atom. The second kappa shape index (κ2) is 6.49. The first-order valence-corrected chi connectivity index (χ1v) is 10.5. The van der Waals surface area contributed by atoms with Crippen LogP contribution in [0.4, 0.5) is 18.9 Å². The molecule has 3 aromatic rings. The molecule has 0 unspecified atom stereocenters. The van der Waals surface area contributed by atoms with Crippen molar-refractivity contribution < 1.29 is 27.6 Å². The molecular weight excluding hydrogens is 449 g/mol. The van der Waals surface area contributed by atoms with Crippen molar-refractivity contribution in [2.45, 2.75) is 17.8 Å². The predicted octanol–water partition coefficient (Wildman–Crippen LogP) is 2.89. The van der Waals surface area contributed by atoms with E-state index in [4.69, 9.17) is 0 Å². The van der Waals surface area contributed by atoms with Crippen LogP contribution in [0.1, 0.15) is 11.1 Å². The second-order valence-electron chi connectivity index (χ2n) is 8.64. The molecule has 7 nitrogen and oxygen atoms in total. The number of likely N-dealkylation sites (N-methyl/N-ethyl adjacent to an activating group) is 1. The molecule has 2 aromatic carbocycles. The molecule has 0 bridgehead atoms. The molecule has 3 amide bonds. The van der Waals surface area contributed by atoms with E-state index in [-0.39, 0.29) is 17.9 Å². The van der Waals surface area contributed by atoms with Crippen LogP contribution in [0.3, 0.4) is 0 Å². The average Bonchev–Trinajstić information content (AvgIpc) is 3.45. The lowest BCUT2D eigenvalue weighted by atomic mass is 9.74. The minimum absolute atomic E-state index is 0.0384. The van der Waals surface area contributed by atoms with E-state index < -0.39 is 35.5 Å². The van der Waals surface area contributed by atoms with Crippen LogP contribution in [0, 0.1) is 0 Å². The summed E-state index contributed by atoms with van der Waals surface area (Å²) in [5.74, 6) is -3.15. The predicted molar refractivity (Wildman–Crippen MR) is 115 cm³/mol. The Bertz CT molecular complexity index is 1440. The van der Waals surface area contributed by atoms with E-state index in [9.17, 15) is 27.6 Å². The first-order valence-electron chi connectivity index (χ1n) is 10.5. The quantitative estimate of drug-likeness (QED) is 0.599. The molecule has 1 fully saturated rings. The van der Waals surface area contributed by atoms with Gasteiger partial charge >= 0.3 is 12.1 Å². The van der Waals surface area contributed by atoms with Gasteiger partial charge in [0.25, 0.3) is 5.91 Å². The molecule has 34 heavy (non-hydrogen) atoms. The average molecular weight is 466 g/mol. The van der Waals surface area contributed by atoms with Gasteiger partial charge in [-0.25, -0.2) is 0 Å². The molecule has 172 valence electrons. The summed E-state index contributed by atoms with van der Waals surface area (Å²) in [6, 6.07) is 13.5. The fourth-order valence-electron chi connectivity index (χ4n) is 5.51. The van der Waals surface area contributed by atoms with Gasteiger partial charge in [-0.15, -0.1) is 0 Å². The standard InChI is InChI=1S/C24H17F3N4O3/c1-29-12-19(32)30-18(20(29)33)10-23(15-11-28-16-8-4-2-6-13(15)16)14-7-3-5-9-17(14)31(21(23)30)22(34)24(25,26)27/h2-11,21,28H,12H2,1H3/t21-,23+/m0/s1. The van der Waals surface area contributed by atoms with Gasteiger partial charge in [0, 0.05) is 24.1 Å². The number of aromatic amines is 1. The molecule has 4 heterocycles. The van der Waals surface area contributed by atoms with Gasteiger partial charge in [-0.3, -0.25) is 24.2 Å². The lowest BCUT2D eigenvalue weighted by molar-refractivity contribution is -0.172. The molecule has 0 spiro atoms. The zero-order valence-electron chi connectivity index (χ0n) is 17.8. The Morgan fingerprint density at radius 1 is 1.06 bits per heavy atom. The van der Waals surface area contributed by atoms with E-state index in [1.807, 2.05) is 18.2 Å². The van der Waals surface area contributed by atoms with Crippen molar-refractivity contribution in [3.05, 3.63) is 77.6 Å². The lowest BCUT2D eigenvalue weighted by Gasteiger charge is -2.40. The first kappa shape index (κ1) is 20.5. The maximum absolute atomic E-state index is 13.8. The molecule has 10 heteroatoms. The SMILES string of the molecule is CN1CC(=O)N2C(=C[C@]3(c4c[nH]c5ccccc45)c4ccccc4N(C(=O)C(F)(F)F)[C@H]23)C1=O. The van der Waals surface area contributed by atoms with Gasteiger partial charge in [0.05, 0.1) is 11.1 Å². The number of carbonyl (C=O) groups is 3. The normalized spacial score (nSPS) is 23.8. The molecule has 1 saturated heterocycles. The molecular formula is C24H17F3N4O3. The van der Waals surface area contributed by atoms with Gasteiger partial charge < -0.3 is 9.88 Å². The summed E-state index contributed by atoms with van der Waals surface area (Å²) in [5.41, 5.74) is 0.346. The topological polar surface area (TPSA) is 76.7 Å². The number of rotatable bonds is 1. The number of halogens is 3. The number of nitrogens with zero attached hydrogens (tertiary/aromatic N) is 3. The lowest BCUT2D eigenvalue weighted by Crippen LogP contribution is -2.61. The van der Waals surface area contributed by atoms with Crippen molar-refractivity contribution in [2.75, 3.05) is 18.5 Å². The summed E-state index contributed by atoms with van der Waals surface area (Å²) in [5, 5.41) is 0.716. The highest BCUT2D eigenvalue weighted by Gasteiger charge is 2.65. The van der Waals surface area contributed by atoms with Crippen molar-refractivity contribution >= 4 is 34.3 Å². The van der Waals surface area contributed by atoms with Crippen LogP contribution < -0.4 is 4.90 Å². The summed E-state index contributed by atoms with van der Waals surface area (Å²) in [6.07, 6.45) is -3.39. The van der Waals surface area contributed by atoms with E-state index in [0.717, 1.165) is 10.4 Å². The number of carbonyl (C=O) groups excluding carboxylic acids is 3. The molecule has 1 aromatic heterocycles. The largest absolute Gasteiger partial charge is 0.471 e. The van der Waals surface area contributed by atoms with Crippen LogP contribution in [-0.4, -0.2) is 58.4 Å². The van der Waals surface area contributed by atoms with Crippen LogP contribution in [-0.2, 0) is 19.8 Å². The van der Waals surface area contributed by atoms with Gasteiger partial charge in [-0.05, 0) is 29.3 Å². The van der Waals surface area contributed by atoms with Crippen LogP contribution in [0.15, 0.2) is 66.5 Å². The second-order valence-corrected chi connectivity index (χ2v) is 8.64. The van der Waals surface area contributed by atoms with Crippen LogP contribution >= 0.6 is 0 Å². The molecule has 3 aliphatic heterocycles. The Labute approximate surface area is 191 Å². The summed E-state index contributed by atoms with van der Waals surface area (Å²) in [7, 11) is 1.46. The van der Waals surface area contributed by atoms with Gasteiger partial charge in [0.15, 0.2) is 0 Å². The Morgan fingerprint density at radius 2 is 1.76 bits per heavy atom. The highest BCUT2D eigenvalue weighted by Crippen LogP contribution is 2.58. The number of fused-ring (bicyclic) bond motifs is 6.